The molecule has 0 saturated carbocycles. The van der Waals surface area contributed by atoms with Crippen LogP contribution in [0.15, 0.2) is 29.5 Å². The van der Waals surface area contributed by atoms with Crippen molar-refractivity contribution in [1.29, 1.82) is 0 Å². The summed E-state index contributed by atoms with van der Waals surface area (Å²) in [4.78, 5) is 27.9. The number of methoxy groups -OCH3 is 2. The maximum atomic E-state index is 12.3. The molecule has 1 heterocycles. The Morgan fingerprint density at radius 1 is 1.17 bits per heavy atom. The molecule has 130 valence electrons. The molecule has 1 aliphatic heterocycles. The Labute approximate surface area is 141 Å². The van der Waals surface area contributed by atoms with Gasteiger partial charge in [-0.25, -0.2) is 9.59 Å². The third-order valence-corrected chi connectivity index (χ3v) is 3.82. The van der Waals surface area contributed by atoms with E-state index in [-0.39, 0.29) is 24.6 Å². The van der Waals surface area contributed by atoms with Gasteiger partial charge < -0.3 is 24.0 Å². The summed E-state index contributed by atoms with van der Waals surface area (Å²) in [6.45, 7) is 2.14. The zero-order valence-corrected chi connectivity index (χ0v) is 14.6. The first-order valence-electron chi connectivity index (χ1n) is 7.43. The number of esters is 2. The monoisotopic (exact) mass is 334 g/mol. The lowest BCUT2D eigenvalue weighted by molar-refractivity contribution is -0.140. The Bertz CT molecular complexity index is 682. The number of rotatable bonds is 4. The molecule has 1 aromatic carbocycles. The highest BCUT2D eigenvalue weighted by atomic mass is 16.5. The fourth-order valence-corrected chi connectivity index (χ4v) is 2.59. The van der Waals surface area contributed by atoms with E-state index in [1.807, 2.05) is 44.1 Å². The van der Waals surface area contributed by atoms with Crippen LogP contribution in [0.5, 0.6) is 0 Å². The van der Waals surface area contributed by atoms with Crippen molar-refractivity contribution in [3.63, 3.8) is 0 Å². The van der Waals surface area contributed by atoms with Gasteiger partial charge in [0.15, 0.2) is 0 Å². The highest BCUT2D eigenvalue weighted by Crippen LogP contribution is 2.30. The molecule has 0 bridgehead atoms. The Morgan fingerprint density at radius 3 is 2.42 bits per heavy atom. The maximum absolute atomic E-state index is 12.3. The molecule has 7 heteroatoms. The lowest BCUT2D eigenvalue weighted by Gasteiger charge is -2.32. The first kappa shape index (κ1) is 17.8. The second kappa shape index (κ2) is 7.35. The summed E-state index contributed by atoms with van der Waals surface area (Å²) in [5, 5.41) is 0. The van der Waals surface area contributed by atoms with Crippen LogP contribution in [-0.2, 0) is 23.8 Å². The molecule has 24 heavy (non-hydrogen) atoms. The van der Waals surface area contributed by atoms with Gasteiger partial charge in [0.25, 0.3) is 0 Å². The van der Waals surface area contributed by atoms with Crippen LogP contribution >= 0.6 is 0 Å². The number of hydrogen-bond acceptors (Lipinski definition) is 7. The Hall–Kier alpha value is -2.54. The number of hydrogen-bond donors (Lipinski definition) is 0. The average molecular weight is 334 g/mol. The van der Waals surface area contributed by atoms with Crippen molar-refractivity contribution in [3.8, 4) is 0 Å². The molecule has 0 radical (unpaired) electrons. The van der Waals surface area contributed by atoms with Gasteiger partial charge in [0.2, 0.25) is 0 Å². The molecule has 1 aliphatic rings. The number of nitrogens with zero attached hydrogens (tertiary/aromatic N) is 2. The van der Waals surface area contributed by atoms with Gasteiger partial charge in [-0.2, -0.15) is 0 Å². The third-order valence-electron chi connectivity index (χ3n) is 3.82. The fraction of sp³-hybridized carbons (Fsp3) is 0.412. The van der Waals surface area contributed by atoms with E-state index in [1.54, 1.807) is 4.90 Å². The molecule has 0 fully saturated rings. The summed E-state index contributed by atoms with van der Waals surface area (Å²) in [5.41, 5.74) is 3.11. The van der Waals surface area contributed by atoms with E-state index >= 15 is 0 Å². The standard InChI is InChI=1S/C17H22N2O5/c1-11-6-7-12(8-14(11)18(2)3)19-10-24-9-13(16(20)22-4)15(19)17(21)23-5/h6-8H,9-10H2,1-5H3. The number of carbonyl (C=O) groups excluding carboxylic acids is 2. The van der Waals surface area contributed by atoms with Crippen molar-refractivity contribution in [2.45, 2.75) is 6.92 Å². The second-order valence-electron chi connectivity index (χ2n) is 5.58. The van der Waals surface area contributed by atoms with Gasteiger partial charge in [0.05, 0.1) is 26.4 Å². The first-order chi connectivity index (χ1) is 11.4. The second-order valence-corrected chi connectivity index (χ2v) is 5.58. The van der Waals surface area contributed by atoms with Gasteiger partial charge in [-0.15, -0.1) is 0 Å². The zero-order chi connectivity index (χ0) is 17.9. The summed E-state index contributed by atoms with van der Waals surface area (Å²) < 4.78 is 15.1. The molecular weight excluding hydrogens is 312 g/mol. The Morgan fingerprint density at radius 2 is 1.83 bits per heavy atom. The molecule has 0 aromatic heterocycles. The van der Waals surface area contributed by atoms with Crippen molar-refractivity contribution >= 4 is 23.3 Å². The number of carbonyl (C=O) groups is 2. The van der Waals surface area contributed by atoms with Crippen molar-refractivity contribution in [3.05, 3.63) is 35.0 Å². The summed E-state index contributed by atoms with van der Waals surface area (Å²) in [5.74, 6) is -1.22. The summed E-state index contributed by atoms with van der Waals surface area (Å²) in [7, 11) is 6.42. The van der Waals surface area contributed by atoms with Crippen LogP contribution in [0, 0.1) is 6.92 Å². The van der Waals surface area contributed by atoms with Crippen molar-refractivity contribution in [2.24, 2.45) is 0 Å². The highest BCUT2D eigenvalue weighted by molar-refractivity contribution is 6.03. The number of aryl methyl sites for hydroxylation is 1. The largest absolute Gasteiger partial charge is 0.466 e. The van der Waals surface area contributed by atoms with E-state index in [2.05, 4.69) is 0 Å². The summed E-state index contributed by atoms with van der Waals surface area (Å²) in [6, 6.07) is 5.75. The molecule has 0 amide bonds. The molecule has 0 aliphatic carbocycles. The van der Waals surface area contributed by atoms with Crippen LogP contribution in [0.1, 0.15) is 5.56 Å². The van der Waals surface area contributed by atoms with Gasteiger partial charge in [-0.3, -0.25) is 0 Å². The topological polar surface area (TPSA) is 68.3 Å². The van der Waals surface area contributed by atoms with Crippen molar-refractivity contribution < 1.29 is 23.8 Å². The first-order valence-corrected chi connectivity index (χ1v) is 7.43. The van der Waals surface area contributed by atoms with Gasteiger partial charge in [0.1, 0.15) is 12.4 Å². The third kappa shape index (κ3) is 3.35. The van der Waals surface area contributed by atoms with E-state index < -0.39 is 11.9 Å². The Balaban J connectivity index is 2.57. The van der Waals surface area contributed by atoms with Crippen LogP contribution in [0.4, 0.5) is 11.4 Å². The highest BCUT2D eigenvalue weighted by Gasteiger charge is 2.32. The molecule has 7 nitrogen and oxygen atoms in total. The molecule has 0 N–H and O–H groups in total. The maximum Gasteiger partial charge on any atom is 0.355 e. The zero-order valence-electron chi connectivity index (χ0n) is 14.6. The van der Waals surface area contributed by atoms with E-state index in [0.717, 1.165) is 16.9 Å². The van der Waals surface area contributed by atoms with Crippen LogP contribution < -0.4 is 9.80 Å². The fourth-order valence-electron chi connectivity index (χ4n) is 2.59. The van der Waals surface area contributed by atoms with E-state index in [1.165, 1.54) is 14.2 Å². The summed E-state index contributed by atoms with van der Waals surface area (Å²) in [6.07, 6.45) is 0. The minimum Gasteiger partial charge on any atom is -0.466 e. The summed E-state index contributed by atoms with van der Waals surface area (Å²) >= 11 is 0. The predicted octanol–water partition coefficient (Wildman–Crippen LogP) is 1.46. The van der Waals surface area contributed by atoms with Gasteiger partial charge in [-0.1, -0.05) is 6.07 Å². The Kier molecular flexibility index (Phi) is 5.46. The molecule has 0 unspecified atom stereocenters. The molecule has 1 aromatic rings. The van der Waals surface area contributed by atoms with Gasteiger partial charge in [-0.05, 0) is 24.6 Å². The lowest BCUT2D eigenvalue weighted by atomic mass is 10.1. The lowest BCUT2D eigenvalue weighted by Crippen LogP contribution is -2.38. The van der Waals surface area contributed by atoms with Crippen molar-refractivity contribution in [2.75, 3.05) is 51.5 Å². The smallest absolute Gasteiger partial charge is 0.355 e. The minimum atomic E-state index is -0.611. The van der Waals surface area contributed by atoms with Crippen LogP contribution in [-0.4, -0.2) is 53.6 Å². The molecule has 0 saturated heterocycles. The van der Waals surface area contributed by atoms with Gasteiger partial charge in [0, 0.05) is 25.5 Å². The quantitative estimate of drug-likeness (QED) is 0.772. The normalized spacial score (nSPS) is 14.5. The minimum absolute atomic E-state index is 0.00000567. The van der Waals surface area contributed by atoms with Crippen molar-refractivity contribution in [1.82, 2.24) is 0 Å². The van der Waals surface area contributed by atoms with Crippen LogP contribution in [0.25, 0.3) is 0 Å². The number of anilines is 2. The van der Waals surface area contributed by atoms with E-state index in [0.29, 0.717) is 0 Å². The SMILES string of the molecule is COC(=O)C1=C(C(=O)OC)N(c2ccc(C)c(N(C)C)c2)COC1. The van der Waals surface area contributed by atoms with Gasteiger partial charge >= 0.3 is 11.9 Å². The predicted molar refractivity (Wildman–Crippen MR) is 89.9 cm³/mol. The van der Waals surface area contributed by atoms with E-state index in [4.69, 9.17) is 14.2 Å². The van der Waals surface area contributed by atoms with Crippen LogP contribution in [0.2, 0.25) is 0 Å². The average Bonchev–Trinajstić information content (AvgIpc) is 2.59. The molecule has 0 atom stereocenters. The number of ether oxygens (including phenoxy) is 3. The van der Waals surface area contributed by atoms with Crippen LogP contribution in [0.3, 0.4) is 0 Å². The molecule has 0 spiro atoms. The molecular formula is C17H22N2O5. The molecule has 2 rings (SSSR count). The number of benzene rings is 1. The van der Waals surface area contributed by atoms with E-state index in [9.17, 15) is 9.59 Å².